The molecular formula is C37H44ClN3O5. The second-order valence-electron chi connectivity index (χ2n) is 13.4. The third kappa shape index (κ3) is 8.09. The number of piperidine rings is 1. The van der Waals surface area contributed by atoms with Crippen LogP contribution in [0.15, 0.2) is 72.8 Å². The molecule has 2 aliphatic rings. The number of carbonyl (C=O) groups excluding carboxylic acids is 3. The van der Waals surface area contributed by atoms with Crippen molar-refractivity contribution >= 4 is 29.5 Å². The maximum Gasteiger partial charge on any atom is 0.411 e. The maximum absolute atomic E-state index is 14.1. The minimum atomic E-state index is -0.840. The fourth-order valence-corrected chi connectivity index (χ4v) is 6.61. The Morgan fingerprint density at radius 1 is 0.957 bits per heavy atom. The van der Waals surface area contributed by atoms with Crippen molar-refractivity contribution in [2.45, 2.75) is 89.6 Å². The van der Waals surface area contributed by atoms with Crippen LogP contribution >= 0.6 is 11.6 Å². The van der Waals surface area contributed by atoms with Gasteiger partial charge in [-0.3, -0.25) is 14.5 Å². The van der Waals surface area contributed by atoms with Crippen molar-refractivity contribution < 1.29 is 24.2 Å². The molecule has 244 valence electrons. The van der Waals surface area contributed by atoms with Crippen molar-refractivity contribution in [3.05, 3.63) is 106 Å². The van der Waals surface area contributed by atoms with E-state index in [4.69, 9.17) is 16.3 Å². The number of hydrogen-bond donors (Lipinski definition) is 2. The molecule has 2 heterocycles. The summed E-state index contributed by atoms with van der Waals surface area (Å²) in [5.74, 6) is -0.331. The van der Waals surface area contributed by atoms with Crippen LogP contribution in [-0.4, -0.2) is 63.6 Å². The Kier molecular flexibility index (Phi) is 10.4. The van der Waals surface area contributed by atoms with E-state index in [2.05, 4.69) is 11.4 Å². The molecule has 1 saturated heterocycles. The molecule has 3 aromatic rings. The molecule has 3 unspecified atom stereocenters. The van der Waals surface area contributed by atoms with Crippen LogP contribution in [0.4, 0.5) is 4.79 Å². The van der Waals surface area contributed by atoms with Crippen molar-refractivity contribution in [2.24, 2.45) is 0 Å². The Balaban J connectivity index is 1.36. The lowest BCUT2D eigenvalue weighted by molar-refractivity contribution is -0.138. The number of amides is 3. The molecule has 0 aromatic heterocycles. The maximum atomic E-state index is 14.1. The molecule has 8 nitrogen and oxygen atoms in total. The minimum absolute atomic E-state index is 0.161. The van der Waals surface area contributed by atoms with E-state index in [-0.39, 0.29) is 24.8 Å². The summed E-state index contributed by atoms with van der Waals surface area (Å²) in [6.45, 7) is 8.47. The Labute approximate surface area is 276 Å². The molecule has 0 radical (unpaired) electrons. The first-order valence-corrected chi connectivity index (χ1v) is 16.4. The summed E-state index contributed by atoms with van der Waals surface area (Å²) < 4.78 is 5.70. The number of benzene rings is 3. The van der Waals surface area contributed by atoms with E-state index < -0.39 is 35.8 Å². The zero-order valence-corrected chi connectivity index (χ0v) is 27.8. The van der Waals surface area contributed by atoms with Gasteiger partial charge in [0.25, 0.3) is 0 Å². The molecule has 2 aliphatic heterocycles. The summed E-state index contributed by atoms with van der Waals surface area (Å²) in [5.41, 5.74) is 4.12. The van der Waals surface area contributed by atoms with Gasteiger partial charge in [0.05, 0.1) is 12.6 Å². The first-order valence-electron chi connectivity index (χ1n) is 16.1. The van der Waals surface area contributed by atoms with E-state index >= 15 is 0 Å². The molecule has 0 bridgehead atoms. The third-order valence-corrected chi connectivity index (χ3v) is 9.09. The van der Waals surface area contributed by atoms with Crippen LogP contribution in [0.3, 0.4) is 0 Å². The zero-order valence-electron chi connectivity index (χ0n) is 27.0. The standard InChI is InChI=1S/C37H44ClN3O5/c1-24(42)30-11-7-8-12-31(30)26-17-19-40(20-18-26)35(44)32(21-25-13-15-29(38)16-14-25)39-34(43)33-22-27-9-5-6-10-28(27)23-41(33)36(45)46-37(2,3)4/h5-16,24,26,32-33,42H,17-23H2,1-4H3,(H,39,43). The third-order valence-electron chi connectivity index (χ3n) is 8.84. The lowest BCUT2D eigenvalue weighted by Gasteiger charge is -2.38. The predicted octanol–water partition coefficient (Wildman–Crippen LogP) is 6.19. The Bertz CT molecular complexity index is 1540. The Morgan fingerprint density at radius 3 is 2.24 bits per heavy atom. The molecule has 0 saturated carbocycles. The summed E-state index contributed by atoms with van der Waals surface area (Å²) in [7, 11) is 0. The van der Waals surface area contributed by atoms with Crippen molar-refractivity contribution in [1.82, 2.24) is 15.1 Å². The van der Waals surface area contributed by atoms with E-state index in [0.29, 0.717) is 24.5 Å². The Hall–Kier alpha value is -3.88. The van der Waals surface area contributed by atoms with Crippen molar-refractivity contribution in [3.63, 3.8) is 0 Å². The van der Waals surface area contributed by atoms with Gasteiger partial charge in [0, 0.05) is 31.0 Å². The van der Waals surface area contributed by atoms with Crippen molar-refractivity contribution in [3.8, 4) is 0 Å². The van der Waals surface area contributed by atoms with Crippen LogP contribution in [0.5, 0.6) is 0 Å². The van der Waals surface area contributed by atoms with Gasteiger partial charge >= 0.3 is 6.09 Å². The summed E-state index contributed by atoms with van der Waals surface area (Å²) in [6.07, 6.45) is 0.967. The lowest BCUT2D eigenvalue weighted by Crippen LogP contribution is -2.58. The van der Waals surface area contributed by atoms with Gasteiger partial charge < -0.3 is 20.1 Å². The minimum Gasteiger partial charge on any atom is -0.444 e. The molecule has 9 heteroatoms. The number of carbonyl (C=O) groups is 3. The molecule has 0 spiro atoms. The fraction of sp³-hybridized carbons (Fsp3) is 0.432. The van der Waals surface area contributed by atoms with E-state index in [1.54, 1.807) is 39.8 Å². The van der Waals surface area contributed by atoms with E-state index in [0.717, 1.165) is 40.7 Å². The highest BCUT2D eigenvalue weighted by Gasteiger charge is 2.39. The number of hydrogen-bond acceptors (Lipinski definition) is 5. The Morgan fingerprint density at radius 2 is 1.59 bits per heavy atom. The molecule has 3 atom stereocenters. The first-order chi connectivity index (χ1) is 21.9. The number of aliphatic hydroxyl groups is 1. The fourth-order valence-electron chi connectivity index (χ4n) is 6.49. The molecule has 46 heavy (non-hydrogen) atoms. The molecule has 1 fully saturated rings. The number of likely N-dealkylation sites (tertiary alicyclic amines) is 1. The number of rotatable bonds is 7. The van der Waals surface area contributed by atoms with Crippen LogP contribution in [0.25, 0.3) is 0 Å². The molecule has 3 aromatic carbocycles. The average Bonchev–Trinajstić information content (AvgIpc) is 3.03. The number of ether oxygens (including phenoxy) is 1. The van der Waals surface area contributed by atoms with Gasteiger partial charge in [0.2, 0.25) is 11.8 Å². The first kappa shape index (κ1) is 33.5. The van der Waals surface area contributed by atoms with E-state index in [1.165, 1.54) is 4.90 Å². The molecule has 3 amide bonds. The highest BCUT2D eigenvalue weighted by Crippen LogP contribution is 2.33. The van der Waals surface area contributed by atoms with Gasteiger partial charge in [0.1, 0.15) is 17.7 Å². The van der Waals surface area contributed by atoms with E-state index in [1.807, 2.05) is 59.5 Å². The quantitative estimate of drug-likeness (QED) is 0.319. The second-order valence-corrected chi connectivity index (χ2v) is 13.8. The van der Waals surface area contributed by atoms with Crippen LogP contribution in [0.1, 0.15) is 80.4 Å². The number of aliphatic hydroxyl groups excluding tert-OH is 1. The summed E-state index contributed by atoms with van der Waals surface area (Å²) in [6, 6.07) is 21.3. The number of halogens is 1. The highest BCUT2D eigenvalue weighted by atomic mass is 35.5. The average molecular weight is 646 g/mol. The molecule has 0 aliphatic carbocycles. The summed E-state index contributed by atoms with van der Waals surface area (Å²) in [4.78, 5) is 44.9. The predicted molar refractivity (Wildman–Crippen MR) is 178 cm³/mol. The number of nitrogens with zero attached hydrogens (tertiary/aromatic N) is 2. The zero-order chi connectivity index (χ0) is 33.0. The van der Waals surface area contributed by atoms with Crippen LogP contribution in [-0.2, 0) is 33.7 Å². The number of fused-ring (bicyclic) bond motifs is 1. The molecule has 5 rings (SSSR count). The number of nitrogens with one attached hydrogen (secondary N) is 1. The van der Waals surface area contributed by atoms with Crippen LogP contribution in [0.2, 0.25) is 5.02 Å². The van der Waals surface area contributed by atoms with Crippen LogP contribution in [0, 0.1) is 0 Å². The lowest BCUT2D eigenvalue weighted by atomic mass is 9.85. The van der Waals surface area contributed by atoms with Gasteiger partial charge in [0.15, 0.2) is 0 Å². The van der Waals surface area contributed by atoms with Crippen LogP contribution < -0.4 is 5.32 Å². The summed E-state index contributed by atoms with van der Waals surface area (Å²) >= 11 is 6.14. The SMILES string of the molecule is CC(O)c1ccccc1C1CCN(C(=O)C(Cc2ccc(Cl)cc2)NC(=O)C2Cc3ccccc3CN2C(=O)OC(C)(C)C)CC1. The van der Waals surface area contributed by atoms with Crippen molar-refractivity contribution in [1.29, 1.82) is 0 Å². The molecule has 2 N–H and O–H groups in total. The van der Waals surface area contributed by atoms with Gasteiger partial charge in [-0.1, -0.05) is 72.3 Å². The van der Waals surface area contributed by atoms with Crippen molar-refractivity contribution in [2.75, 3.05) is 13.1 Å². The van der Waals surface area contributed by atoms with Gasteiger partial charge in [-0.25, -0.2) is 4.79 Å². The van der Waals surface area contributed by atoms with Gasteiger partial charge in [-0.15, -0.1) is 0 Å². The smallest absolute Gasteiger partial charge is 0.411 e. The van der Waals surface area contributed by atoms with E-state index in [9.17, 15) is 19.5 Å². The topological polar surface area (TPSA) is 99.2 Å². The van der Waals surface area contributed by atoms with Gasteiger partial charge in [-0.2, -0.15) is 0 Å². The second kappa shape index (κ2) is 14.3. The normalized spacial score (nSPS) is 18.3. The summed E-state index contributed by atoms with van der Waals surface area (Å²) in [5, 5.41) is 13.9. The molecular weight excluding hydrogens is 602 g/mol. The van der Waals surface area contributed by atoms with Gasteiger partial charge in [-0.05, 0) is 86.4 Å². The monoisotopic (exact) mass is 645 g/mol. The largest absolute Gasteiger partial charge is 0.444 e. The highest BCUT2D eigenvalue weighted by molar-refractivity contribution is 6.30.